The van der Waals surface area contributed by atoms with E-state index in [-0.39, 0.29) is 24.7 Å². The Hall–Kier alpha value is -2.35. The lowest BCUT2D eigenvalue weighted by Gasteiger charge is -2.08. The van der Waals surface area contributed by atoms with E-state index in [2.05, 4.69) is 15.5 Å². The average molecular weight is 312 g/mol. The summed E-state index contributed by atoms with van der Waals surface area (Å²) in [4.78, 5) is 22.8. The number of nitrogens with zero attached hydrogens (tertiary/aromatic N) is 4. The molecule has 2 heterocycles. The molecule has 0 atom stereocenters. The summed E-state index contributed by atoms with van der Waals surface area (Å²) >= 11 is 5.99. The summed E-state index contributed by atoms with van der Waals surface area (Å²) in [6.45, 7) is 2.60. The molecule has 0 spiro atoms. The maximum Gasteiger partial charge on any atom is 0.354 e. The number of nitrogens with one attached hydrogen (secondary N) is 1. The third-order valence-electron chi connectivity index (χ3n) is 2.88. The minimum Gasteiger partial charge on any atom is -0.477 e. The molecule has 0 saturated heterocycles. The number of aromatic nitrogens is 4. The van der Waals surface area contributed by atoms with Crippen molar-refractivity contribution in [1.29, 1.82) is 0 Å². The van der Waals surface area contributed by atoms with Crippen molar-refractivity contribution in [1.82, 2.24) is 24.9 Å². The third kappa shape index (κ3) is 3.40. The number of rotatable bonds is 6. The van der Waals surface area contributed by atoms with Crippen molar-refractivity contribution in [2.45, 2.75) is 26.6 Å². The molecule has 1 amide bonds. The minimum atomic E-state index is -1.13. The predicted octanol–water partition coefficient (Wildman–Crippen LogP) is 0.768. The van der Waals surface area contributed by atoms with Crippen molar-refractivity contribution in [3.05, 3.63) is 34.9 Å². The van der Waals surface area contributed by atoms with Gasteiger partial charge in [-0.2, -0.15) is 10.2 Å². The molecule has 112 valence electrons. The number of aromatic carboxylic acids is 1. The zero-order valence-electron chi connectivity index (χ0n) is 11.3. The van der Waals surface area contributed by atoms with Gasteiger partial charge in [-0.05, 0) is 13.0 Å². The van der Waals surface area contributed by atoms with Crippen LogP contribution in [-0.2, 0) is 24.4 Å². The van der Waals surface area contributed by atoms with Crippen LogP contribution in [-0.4, -0.2) is 36.5 Å². The van der Waals surface area contributed by atoms with Gasteiger partial charge in [0.15, 0.2) is 0 Å². The molecule has 0 aliphatic rings. The maximum absolute atomic E-state index is 11.9. The van der Waals surface area contributed by atoms with E-state index >= 15 is 0 Å². The Morgan fingerprint density at radius 2 is 2.14 bits per heavy atom. The Morgan fingerprint density at radius 1 is 1.38 bits per heavy atom. The van der Waals surface area contributed by atoms with Crippen molar-refractivity contribution < 1.29 is 14.7 Å². The fourth-order valence-electron chi connectivity index (χ4n) is 1.85. The van der Waals surface area contributed by atoms with Gasteiger partial charge in [-0.15, -0.1) is 0 Å². The third-order valence-corrected chi connectivity index (χ3v) is 3.20. The fourth-order valence-corrected chi connectivity index (χ4v) is 2.06. The number of carbonyl (C=O) groups excluding carboxylic acids is 1. The first-order chi connectivity index (χ1) is 10.0. The summed E-state index contributed by atoms with van der Waals surface area (Å²) in [5, 5.41) is 19.9. The molecule has 0 unspecified atom stereocenters. The summed E-state index contributed by atoms with van der Waals surface area (Å²) in [5.74, 6) is -1.49. The lowest BCUT2D eigenvalue weighted by Crippen LogP contribution is -2.29. The minimum absolute atomic E-state index is 0.0400. The molecule has 9 heteroatoms. The average Bonchev–Trinajstić information content (AvgIpc) is 3.03. The summed E-state index contributed by atoms with van der Waals surface area (Å²) in [6, 6.07) is 1.33. The maximum atomic E-state index is 11.9. The van der Waals surface area contributed by atoms with Crippen molar-refractivity contribution in [3.63, 3.8) is 0 Å². The van der Waals surface area contributed by atoms with Crippen molar-refractivity contribution in [2.24, 2.45) is 0 Å². The predicted molar refractivity (Wildman–Crippen MR) is 73.9 cm³/mol. The molecular formula is C12H14ClN5O3. The van der Waals surface area contributed by atoms with E-state index in [9.17, 15) is 9.59 Å². The second kappa shape index (κ2) is 6.40. The molecule has 0 aromatic carbocycles. The van der Waals surface area contributed by atoms with Crippen molar-refractivity contribution in [3.8, 4) is 0 Å². The van der Waals surface area contributed by atoms with E-state index in [1.54, 1.807) is 4.68 Å². The van der Waals surface area contributed by atoms with Gasteiger partial charge >= 0.3 is 5.97 Å². The topological polar surface area (TPSA) is 102 Å². The molecule has 0 radical (unpaired) electrons. The molecule has 2 rings (SSSR count). The highest BCUT2D eigenvalue weighted by atomic mass is 35.5. The Balaban J connectivity index is 1.98. The Kier molecular flexibility index (Phi) is 4.59. The van der Waals surface area contributed by atoms with Crippen LogP contribution in [0.15, 0.2) is 18.5 Å². The summed E-state index contributed by atoms with van der Waals surface area (Å²) in [7, 11) is 0. The lowest BCUT2D eigenvalue weighted by atomic mass is 10.4. The highest BCUT2D eigenvalue weighted by Crippen LogP contribution is 2.14. The molecule has 2 aromatic rings. The Labute approximate surface area is 125 Å². The van der Waals surface area contributed by atoms with E-state index in [4.69, 9.17) is 16.7 Å². The number of amides is 1. The number of carboxylic acid groups (broad SMARTS) is 1. The number of carbonyl (C=O) groups is 2. The number of halogens is 1. The zero-order valence-corrected chi connectivity index (χ0v) is 12.0. The van der Waals surface area contributed by atoms with E-state index in [0.29, 0.717) is 17.3 Å². The molecule has 2 N–H and O–H groups in total. The van der Waals surface area contributed by atoms with Crippen LogP contribution in [0.5, 0.6) is 0 Å². The molecule has 21 heavy (non-hydrogen) atoms. The van der Waals surface area contributed by atoms with Gasteiger partial charge in [0.25, 0.3) is 0 Å². The highest BCUT2D eigenvalue weighted by Gasteiger charge is 2.14. The van der Waals surface area contributed by atoms with Gasteiger partial charge in [-0.25, -0.2) is 9.48 Å². The van der Waals surface area contributed by atoms with Crippen LogP contribution >= 0.6 is 11.6 Å². The fraction of sp³-hybridized carbons (Fsp3) is 0.333. The lowest BCUT2D eigenvalue weighted by molar-refractivity contribution is -0.122. The van der Waals surface area contributed by atoms with Crippen LogP contribution in [0.4, 0.5) is 0 Å². The van der Waals surface area contributed by atoms with Gasteiger partial charge in [-0.1, -0.05) is 11.6 Å². The molecule has 2 aromatic heterocycles. The second-order valence-electron chi connectivity index (χ2n) is 4.21. The van der Waals surface area contributed by atoms with Crippen LogP contribution < -0.4 is 5.32 Å². The Morgan fingerprint density at radius 3 is 2.81 bits per heavy atom. The van der Waals surface area contributed by atoms with Gasteiger partial charge in [0.05, 0.1) is 23.5 Å². The molecular weight excluding hydrogens is 298 g/mol. The first-order valence-electron chi connectivity index (χ1n) is 6.25. The largest absolute Gasteiger partial charge is 0.477 e. The standard InChI is InChI=1S/C12H14ClN5O3/c1-2-17-10(8(13)5-16-17)6-14-11(19)7-18-9(12(20)21)3-4-15-18/h3-5H,2,6-7H2,1H3,(H,14,19)(H,20,21). The van der Waals surface area contributed by atoms with Gasteiger partial charge in [0, 0.05) is 12.7 Å². The molecule has 0 fully saturated rings. The molecule has 0 aliphatic heterocycles. The van der Waals surface area contributed by atoms with Gasteiger partial charge in [0.1, 0.15) is 12.2 Å². The van der Waals surface area contributed by atoms with Crippen molar-refractivity contribution in [2.75, 3.05) is 0 Å². The molecule has 8 nitrogen and oxygen atoms in total. The number of hydrogen-bond acceptors (Lipinski definition) is 4. The smallest absolute Gasteiger partial charge is 0.354 e. The first-order valence-corrected chi connectivity index (χ1v) is 6.62. The van der Waals surface area contributed by atoms with E-state index in [0.717, 1.165) is 4.68 Å². The molecule has 0 aliphatic carbocycles. The first kappa shape index (κ1) is 15.0. The van der Waals surface area contributed by atoms with Crippen molar-refractivity contribution >= 4 is 23.5 Å². The van der Waals surface area contributed by atoms with E-state index in [1.165, 1.54) is 18.5 Å². The molecule has 0 saturated carbocycles. The number of carboxylic acids is 1. The van der Waals surface area contributed by atoms with Gasteiger partial charge in [0.2, 0.25) is 5.91 Å². The zero-order chi connectivity index (χ0) is 15.4. The quantitative estimate of drug-likeness (QED) is 0.820. The monoisotopic (exact) mass is 311 g/mol. The Bertz CT molecular complexity index is 664. The van der Waals surface area contributed by atoms with Gasteiger partial charge in [-0.3, -0.25) is 9.48 Å². The van der Waals surface area contributed by atoms with Crippen LogP contribution in [0, 0.1) is 0 Å². The van der Waals surface area contributed by atoms with E-state index in [1.807, 2.05) is 6.92 Å². The highest BCUT2D eigenvalue weighted by molar-refractivity contribution is 6.31. The second-order valence-corrected chi connectivity index (χ2v) is 4.62. The van der Waals surface area contributed by atoms with Gasteiger partial charge < -0.3 is 10.4 Å². The van der Waals surface area contributed by atoms with Crippen LogP contribution in [0.3, 0.4) is 0 Å². The summed E-state index contributed by atoms with van der Waals surface area (Å²) in [5.41, 5.74) is 0.660. The van der Waals surface area contributed by atoms with Crippen LogP contribution in [0.25, 0.3) is 0 Å². The van der Waals surface area contributed by atoms with Crippen LogP contribution in [0.2, 0.25) is 5.02 Å². The normalized spacial score (nSPS) is 10.6. The van der Waals surface area contributed by atoms with E-state index < -0.39 is 5.97 Å². The summed E-state index contributed by atoms with van der Waals surface area (Å²) < 4.78 is 2.80. The van der Waals surface area contributed by atoms with Crippen LogP contribution in [0.1, 0.15) is 23.1 Å². The number of hydrogen-bond donors (Lipinski definition) is 2. The number of aryl methyl sites for hydroxylation is 1. The molecule has 0 bridgehead atoms. The summed E-state index contributed by atoms with van der Waals surface area (Å²) in [6.07, 6.45) is 2.85. The SMILES string of the molecule is CCn1ncc(Cl)c1CNC(=O)Cn1nccc1C(=O)O.